The van der Waals surface area contributed by atoms with Crippen LogP contribution in [0.5, 0.6) is 0 Å². The fraction of sp³-hybridized carbons (Fsp3) is 0.0625. The van der Waals surface area contributed by atoms with Crippen molar-refractivity contribution in [3.63, 3.8) is 0 Å². The summed E-state index contributed by atoms with van der Waals surface area (Å²) < 4.78 is 26.2. The molecule has 3 aromatic rings. The van der Waals surface area contributed by atoms with Crippen LogP contribution in [0.25, 0.3) is 10.9 Å². The second kappa shape index (κ2) is 5.61. The van der Waals surface area contributed by atoms with Crippen molar-refractivity contribution in [2.75, 3.05) is 5.73 Å². The van der Waals surface area contributed by atoms with E-state index in [4.69, 9.17) is 5.73 Å². The third kappa shape index (κ3) is 2.78. The fourth-order valence-electron chi connectivity index (χ4n) is 2.20. The Labute approximate surface area is 124 Å². The molecule has 0 amide bonds. The molecule has 0 bridgehead atoms. The highest BCUT2D eigenvalue weighted by Gasteiger charge is 2.12. The molecule has 0 radical (unpaired) electrons. The van der Waals surface area contributed by atoms with Crippen molar-refractivity contribution >= 4 is 27.4 Å². The number of pyridine rings is 1. The van der Waals surface area contributed by atoms with Gasteiger partial charge in [-0.3, -0.25) is 9.19 Å². The lowest BCUT2D eigenvalue weighted by atomic mass is 10.1. The molecular formula is C16H13FN2OS. The number of halogens is 1. The average Bonchev–Trinajstić information content (AvgIpc) is 2.47. The molecular weight excluding hydrogens is 287 g/mol. The Hall–Kier alpha value is -2.27. The predicted octanol–water partition coefficient (Wildman–Crippen LogP) is 3.26. The van der Waals surface area contributed by atoms with Crippen LogP contribution in [-0.2, 0) is 16.6 Å². The van der Waals surface area contributed by atoms with E-state index < -0.39 is 16.6 Å². The lowest BCUT2D eigenvalue weighted by Crippen LogP contribution is -2.01. The van der Waals surface area contributed by atoms with Gasteiger partial charge in [0, 0.05) is 17.3 Å². The number of nitrogens with two attached hydrogens (primary N) is 1. The summed E-state index contributed by atoms with van der Waals surface area (Å²) in [5.41, 5.74) is 7.55. The molecule has 106 valence electrons. The third-order valence-corrected chi connectivity index (χ3v) is 4.62. The zero-order valence-electron chi connectivity index (χ0n) is 11.1. The van der Waals surface area contributed by atoms with Gasteiger partial charge >= 0.3 is 0 Å². The Morgan fingerprint density at radius 1 is 1.14 bits per heavy atom. The van der Waals surface area contributed by atoms with Crippen LogP contribution >= 0.6 is 0 Å². The number of nitrogens with zero attached hydrogens (tertiary/aromatic N) is 1. The average molecular weight is 300 g/mol. The van der Waals surface area contributed by atoms with Gasteiger partial charge in [0.2, 0.25) is 0 Å². The molecule has 0 fully saturated rings. The van der Waals surface area contributed by atoms with Crippen LogP contribution in [0.4, 0.5) is 10.1 Å². The molecule has 0 aliphatic heterocycles. The summed E-state index contributed by atoms with van der Waals surface area (Å²) in [6.07, 6.45) is 1.67. The van der Waals surface area contributed by atoms with Gasteiger partial charge in [-0.15, -0.1) is 0 Å². The van der Waals surface area contributed by atoms with E-state index in [1.807, 2.05) is 30.3 Å². The van der Waals surface area contributed by atoms with Gasteiger partial charge in [-0.1, -0.05) is 18.2 Å². The lowest BCUT2D eigenvalue weighted by molar-refractivity contribution is 0.596. The highest BCUT2D eigenvalue weighted by Crippen LogP contribution is 2.22. The second-order valence-corrected chi connectivity index (χ2v) is 6.09. The summed E-state index contributed by atoms with van der Waals surface area (Å²) in [7, 11) is -1.47. The monoisotopic (exact) mass is 300 g/mol. The van der Waals surface area contributed by atoms with Crippen LogP contribution in [0.2, 0.25) is 0 Å². The minimum absolute atomic E-state index is 0.171. The standard InChI is InChI=1S/C16H13FN2OS/c17-14-9-12(18)5-6-16(14)21(20)10-11-7-8-19-15-4-2-1-3-13(11)15/h1-9H,10,18H2. The Morgan fingerprint density at radius 3 is 2.76 bits per heavy atom. The summed E-state index contributed by atoms with van der Waals surface area (Å²) in [6, 6.07) is 13.7. The van der Waals surface area contributed by atoms with Crippen LogP contribution in [-0.4, -0.2) is 9.19 Å². The normalized spacial score (nSPS) is 12.4. The quantitative estimate of drug-likeness (QED) is 0.755. The third-order valence-electron chi connectivity index (χ3n) is 3.23. The number of nitrogen functional groups attached to an aromatic ring is 1. The number of benzene rings is 2. The van der Waals surface area contributed by atoms with Crippen molar-refractivity contribution in [3.05, 3.63) is 66.1 Å². The molecule has 3 rings (SSSR count). The lowest BCUT2D eigenvalue weighted by Gasteiger charge is -2.07. The van der Waals surface area contributed by atoms with E-state index in [0.717, 1.165) is 16.5 Å². The molecule has 21 heavy (non-hydrogen) atoms. The Morgan fingerprint density at radius 2 is 1.95 bits per heavy atom. The van der Waals surface area contributed by atoms with Gasteiger partial charge in [0.25, 0.3) is 0 Å². The fourth-order valence-corrected chi connectivity index (χ4v) is 3.39. The van der Waals surface area contributed by atoms with E-state index in [9.17, 15) is 8.60 Å². The van der Waals surface area contributed by atoms with Crippen LogP contribution in [0.1, 0.15) is 5.56 Å². The molecule has 0 saturated carbocycles. The second-order valence-electron chi connectivity index (χ2n) is 4.67. The van der Waals surface area contributed by atoms with Crippen molar-refractivity contribution in [2.24, 2.45) is 0 Å². The summed E-state index contributed by atoms with van der Waals surface area (Å²) >= 11 is 0. The number of aromatic nitrogens is 1. The van der Waals surface area contributed by atoms with Gasteiger partial charge in [-0.05, 0) is 35.9 Å². The molecule has 1 atom stereocenters. The number of anilines is 1. The SMILES string of the molecule is Nc1ccc(S(=O)Cc2ccnc3ccccc23)c(F)c1. The first-order valence-electron chi connectivity index (χ1n) is 6.41. The molecule has 0 aliphatic rings. The minimum Gasteiger partial charge on any atom is -0.399 e. The van der Waals surface area contributed by atoms with Crippen molar-refractivity contribution in [3.8, 4) is 0 Å². The number of rotatable bonds is 3. The summed E-state index contributed by atoms with van der Waals surface area (Å²) in [5, 5.41) is 0.934. The first-order valence-corrected chi connectivity index (χ1v) is 7.73. The van der Waals surface area contributed by atoms with Crippen molar-refractivity contribution < 1.29 is 8.60 Å². The van der Waals surface area contributed by atoms with Crippen LogP contribution in [0, 0.1) is 5.82 Å². The zero-order chi connectivity index (χ0) is 14.8. The maximum absolute atomic E-state index is 13.8. The van der Waals surface area contributed by atoms with Crippen molar-refractivity contribution in [2.45, 2.75) is 10.6 Å². The largest absolute Gasteiger partial charge is 0.399 e. The number of hydrogen-bond donors (Lipinski definition) is 1. The number of hydrogen-bond acceptors (Lipinski definition) is 3. The molecule has 0 saturated heterocycles. The molecule has 2 N–H and O–H groups in total. The summed E-state index contributed by atoms with van der Waals surface area (Å²) in [5.74, 6) is -0.296. The van der Waals surface area contributed by atoms with Gasteiger partial charge in [-0.2, -0.15) is 0 Å². The van der Waals surface area contributed by atoms with Gasteiger partial charge < -0.3 is 5.73 Å². The van der Waals surface area contributed by atoms with E-state index >= 15 is 0 Å². The van der Waals surface area contributed by atoms with Gasteiger partial charge in [0.05, 0.1) is 27.0 Å². The maximum atomic E-state index is 13.8. The number of fused-ring (bicyclic) bond motifs is 1. The maximum Gasteiger partial charge on any atom is 0.141 e. The van der Waals surface area contributed by atoms with E-state index in [2.05, 4.69) is 4.98 Å². The summed E-state index contributed by atoms with van der Waals surface area (Å²) in [6.45, 7) is 0. The minimum atomic E-state index is -1.47. The topological polar surface area (TPSA) is 56.0 Å². The number of para-hydroxylation sites is 1. The van der Waals surface area contributed by atoms with Gasteiger partial charge in [0.1, 0.15) is 5.82 Å². The van der Waals surface area contributed by atoms with E-state index in [1.165, 1.54) is 12.1 Å². The first-order chi connectivity index (χ1) is 10.1. The van der Waals surface area contributed by atoms with Crippen molar-refractivity contribution in [1.29, 1.82) is 0 Å². The zero-order valence-corrected chi connectivity index (χ0v) is 11.9. The molecule has 1 unspecified atom stereocenters. The van der Waals surface area contributed by atoms with Gasteiger partial charge in [0.15, 0.2) is 0 Å². The van der Waals surface area contributed by atoms with Crippen LogP contribution in [0.15, 0.2) is 59.6 Å². The highest BCUT2D eigenvalue weighted by molar-refractivity contribution is 7.84. The Bertz CT molecular complexity index is 830. The smallest absolute Gasteiger partial charge is 0.141 e. The van der Waals surface area contributed by atoms with E-state index in [1.54, 1.807) is 12.3 Å². The van der Waals surface area contributed by atoms with Crippen molar-refractivity contribution in [1.82, 2.24) is 4.98 Å². The summed E-state index contributed by atoms with van der Waals surface area (Å²) in [4.78, 5) is 4.43. The van der Waals surface area contributed by atoms with Crippen LogP contribution < -0.4 is 5.73 Å². The molecule has 5 heteroatoms. The molecule has 1 aromatic heterocycles. The predicted molar refractivity (Wildman–Crippen MR) is 82.7 cm³/mol. The molecule has 3 nitrogen and oxygen atoms in total. The highest BCUT2D eigenvalue weighted by atomic mass is 32.2. The molecule has 2 aromatic carbocycles. The Balaban J connectivity index is 1.97. The van der Waals surface area contributed by atoms with E-state index in [-0.39, 0.29) is 10.6 Å². The molecule has 0 aliphatic carbocycles. The molecule has 1 heterocycles. The van der Waals surface area contributed by atoms with Crippen LogP contribution in [0.3, 0.4) is 0 Å². The first kappa shape index (κ1) is 13.7. The molecule has 0 spiro atoms. The van der Waals surface area contributed by atoms with E-state index in [0.29, 0.717) is 5.69 Å². The van der Waals surface area contributed by atoms with Gasteiger partial charge in [-0.25, -0.2) is 4.39 Å². The Kier molecular flexibility index (Phi) is 3.66.